The number of carbonyl (C=O) groups is 1. The smallest absolute Gasteiger partial charge is 0.140 e. The van der Waals surface area contributed by atoms with Gasteiger partial charge in [0.2, 0.25) is 0 Å². The zero-order chi connectivity index (χ0) is 12.2. The Labute approximate surface area is 96.4 Å². The number of rotatable bonds is 6. The van der Waals surface area contributed by atoms with Gasteiger partial charge in [0.25, 0.3) is 0 Å². The summed E-state index contributed by atoms with van der Waals surface area (Å²) in [5, 5.41) is 0. The highest BCUT2D eigenvalue weighted by Gasteiger charge is 2.39. The van der Waals surface area contributed by atoms with Gasteiger partial charge in [-0.15, -0.1) is 0 Å². The van der Waals surface area contributed by atoms with Gasteiger partial charge in [-0.2, -0.15) is 0 Å². The third kappa shape index (κ3) is 3.09. The van der Waals surface area contributed by atoms with E-state index < -0.39 is 0 Å². The molecule has 3 unspecified atom stereocenters. The summed E-state index contributed by atoms with van der Waals surface area (Å²) < 4.78 is 0. The van der Waals surface area contributed by atoms with E-state index in [0.717, 1.165) is 12.8 Å². The Kier molecular flexibility index (Phi) is 5.62. The first-order chi connectivity index (χ1) is 6.81. The molecular formula is C13H25BO. The first-order valence-corrected chi connectivity index (χ1v) is 6.11. The monoisotopic (exact) mass is 208 g/mol. The lowest BCUT2D eigenvalue weighted by atomic mass is 9.56. The van der Waals surface area contributed by atoms with E-state index in [-0.39, 0.29) is 17.2 Å². The Morgan fingerprint density at radius 1 is 1.27 bits per heavy atom. The molecule has 15 heavy (non-hydrogen) atoms. The second-order valence-electron chi connectivity index (χ2n) is 5.20. The van der Waals surface area contributed by atoms with Gasteiger partial charge < -0.3 is 0 Å². The predicted octanol–water partition coefficient (Wildman–Crippen LogP) is 3.63. The third-order valence-corrected chi connectivity index (χ3v) is 3.81. The van der Waals surface area contributed by atoms with E-state index in [9.17, 15) is 4.79 Å². The molecule has 0 fully saturated rings. The minimum Gasteiger partial charge on any atom is -0.299 e. The molecule has 0 aliphatic rings. The van der Waals surface area contributed by atoms with Gasteiger partial charge in [0, 0.05) is 11.3 Å². The fourth-order valence-electron chi connectivity index (χ4n) is 2.12. The van der Waals surface area contributed by atoms with E-state index in [1.54, 1.807) is 0 Å². The third-order valence-electron chi connectivity index (χ3n) is 3.81. The van der Waals surface area contributed by atoms with Crippen molar-refractivity contribution in [1.82, 2.24) is 0 Å². The largest absolute Gasteiger partial charge is 0.299 e. The molecule has 0 saturated heterocycles. The van der Waals surface area contributed by atoms with Crippen LogP contribution in [-0.2, 0) is 4.79 Å². The molecule has 0 rings (SSSR count). The van der Waals surface area contributed by atoms with Crippen LogP contribution in [0.25, 0.3) is 0 Å². The van der Waals surface area contributed by atoms with Crippen molar-refractivity contribution in [3.05, 3.63) is 0 Å². The van der Waals surface area contributed by atoms with E-state index in [0.29, 0.717) is 11.7 Å². The second kappa shape index (κ2) is 5.72. The lowest BCUT2D eigenvalue weighted by Crippen LogP contribution is -2.37. The molecule has 3 atom stereocenters. The molecule has 0 aromatic rings. The summed E-state index contributed by atoms with van der Waals surface area (Å²) in [6, 6.07) is 0. The van der Waals surface area contributed by atoms with Crippen molar-refractivity contribution in [1.29, 1.82) is 0 Å². The van der Waals surface area contributed by atoms with E-state index in [1.807, 2.05) is 20.8 Å². The van der Waals surface area contributed by atoms with E-state index in [1.165, 1.54) is 0 Å². The van der Waals surface area contributed by atoms with Crippen LogP contribution in [-0.4, -0.2) is 13.6 Å². The zero-order valence-corrected chi connectivity index (χ0v) is 11.1. The highest BCUT2D eigenvalue weighted by molar-refractivity contribution is 6.15. The molecule has 1 nitrogen and oxygen atoms in total. The van der Waals surface area contributed by atoms with Crippen LogP contribution in [0.3, 0.4) is 0 Å². The first-order valence-electron chi connectivity index (χ1n) is 6.11. The average Bonchev–Trinajstić information content (AvgIpc) is 2.24. The molecule has 0 aromatic carbocycles. The molecule has 0 aromatic heterocycles. The summed E-state index contributed by atoms with van der Waals surface area (Å²) >= 11 is 0. The fourth-order valence-corrected chi connectivity index (χ4v) is 2.12. The van der Waals surface area contributed by atoms with Crippen molar-refractivity contribution in [3.8, 4) is 0 Å². The van der Waals surface area contributed by atoms with Gasteiger partial charge in [0.15, 0.2) is 0 Å². The Bertz CT molecular complexity index is 213. The normalized spacial score (nSPS) is 19.7. The topological polar surface area (TPSA) is 17.1 Å². The van der Waals surface area contributed by atoms with E-state index in [4.69, 9.17) is 7.85 Å². The van der Waals surface area contributed by atoms with Crippen molar-refractivity contribution in [3.63, 3.8) is 0 Å². The van der Waals surface area contributed by atoms with Gasteiger partial charge in [-0.3, -0.25) is 4.79 Å². The number of hydrogen-bond donors (Lipinski definition) is 0. The molecule has 0 spiro atoms. The van der Waals surface area contributed by atoms with Gasteiger partial charge in [-0.25, -0.2) is 0 Å². The van der Waals surface area contributed by atoms with Crippen LogP contribution in [0.15, 0.2) is 0 Å². The first kappa shape index (κ1) is 14.7. The lowest BCUT2D eigenvalue weighted by molar-refractivity contribution is -0.132. The minimum absolute atomic E-state index is 0.0256. The Morgan fingerprint density at radius 2 is 1.73 bits per heavy atom. The molecule has 0 amide bonds. The summed E-state index contributed by atoms with van der Waals surface area (Å²) in [6.45, 7) is 12.3. The average molecular weight is 208 g/mol. The number of hydrogen-bond acceptors (Lipinski definition) is 1. The van der Waals surface area contributed by atoms with Crippen molar-refractivity contribution < 1.29 is 4.79 Å². The molecule has 2 radical (unpaired) electrons. The second-order valence-corrected chi connectivity index (χ2v) is 5.20. The molecular weight excluding hydrogens is 183 g/mol. The van der Waals surface area contributed by atoms with Crippen LogP contribution in [0.5, 0.6) is 0 Å². The molecule has 0 saturated carbocycles. The number of ketones is 1. The van der Waals surface area contributed by atoms with E-state index in [2.05, 4.69) is 20.8 Å². The van der Waals surface area contributed by atoms with E-state index >= 15 is 0 Å². The van der Waals surface area contributed by atoms with Gasteiger partial charge >= 0.3 is 0 Å². The molecule has 86 valence electrons. The van der Waals surface area contributed by atoms with Gasteiger partial charge in [0.1, 0.15) is 5.78 Å². The van der Waals surface area contributed by atoms with Crippen LogP contribution >= 0.6 is 0 Å². The molecule has 0 N–H and O–H groups in total. The molecule has 2 heteroatoms. The zero-order valence-electron chi connectivity index (χ0n) is 11.1. The highest BCUT2D eigenvalue weighted by atomic mass is 16.1. The Morgan fingerprint density at radius 3 is 2.00 bits per heavy atom. The van der Waals surface area contributed by atoms with Crippen molar-refractivity contribution in [2.45, 2.75) is 60.2 Å². The summed E-state index contributed by atoms with van der Waals surface area (Å²) in [6.07, 6.45) is 1.86. The lowest BCUT2D eigenvalue weighted by Gasteiger charge is -2.38. The van der Waals surface area contributed by atoms with Crippen LogP contribution < -0.4 is 0 Å². The maximum atomic E-state index is 12.2. The fraction of sp³-hybridized carbons (Fsp3) is 0.923. The SMILES string of the molecule is [B]C(C(C)CC)C(C)(CC)C(=O)C(C)C. The molecule has 0 aliphatic heterocycles. The van der Waals surface area contributed by atoms with Crippen LogP contribution in [0.4, 0.5) is 0 Å². The summed E-state index contributed by atoms with van der Waals surface area (Å²) in [5.74, 6) is 0.753. The number of carbonyl (C=O) groups excluding carboxylic acids is 1. The quantitative estimate of drug-likeness (QED) is 0.609. The van der Waals surface area contributed by atoms with Crippen molar-refractivity contribution in [2.24, 2.45) is 17.3 Å². The number of Topliss-reactive ketones (excluding diaryl/α,β-unsaturated/α-hetero) is 1. The van der Waals surface area contributed by atoms with Crippen LogP contribution in [0.1, 0.15) is 54.4 Å². The summed E-state index contributed by atoms with van der Waals surface area (Å²) in [5.41, 5.74) is -0.358. The molecule has 0 heterocycles. The molecule has 0 bridgehead atoms. The summed E-state index contributed by atoms with van der Waals surface area (Å²) in [7, 11) is 6.23. The molecule has 0 aliphatic carbocycles. The predicted molar refractivity (Wildman–Crippen MR) is 67.2 cm³/mol. The van der Waals surface area contributed by atoms with Crippen LogP contribution in [0, 0.1) is 17.3 Å². The van der Waals surface area contributed by atoms with Crippen molar-refractivity contribution >= 4 is 13.6 Å². The maximum Gasteiger partial charge on any atom is 0.140 e. The summed E-state index contributed by atoms with van der Waals surface area (Å²) in [4.78, 5) is 12.2. The van der Waals surface area contributed by atoms with Crippen LogP contribution in [0.2, 0.25) is 5.82 Å². The highest BCUT2D eigenvalue weighted by Crippen LogP contribution is 2.42. The standard InChI is InChI=1S/C13H25BO/c1-7-10(5)11(14)13(6,8-2)12(15)9(3)4/h9-11H,7-8H2,1-6H3. The Hall–Kier alpha value is -0.265. The van der Waals surface area contributed by atoms with Gasteiger partial charge in [0.05, 0.1) is 7.85 Å². The van der Waals surface area contributed by atoms with Crippen molar-refractivity contribution in [2.75, 3.05) is 0 Å². The van der Waals surface area contributed by atoms with Gasteiger partial charge in [-0.1, -0.05) is 53.8 Å². The minimum atomic E-state index is -0.358. The maximum absolute atomic E-state index is 12.2. The van der Waals surface area contributed by atoms with Gasteiger partial charge in [-0.05, 0) is 12.3 Å². The Balaban J connectivity index is 4.91.